The van der Waals surface area contributed by atoms with E-state index >= 15 is 0 Å². The average Bonchev–Trinajstić information content (AvgIpc) is 3.18. The van der Waals surface area contributed by atoms with Crippen LogP contribution in [0.3, 0.4) is 0 Å². The molecule has 1 heterocycles. The van der Waals surface area contributed by atoms with Gasteiger partial charge in [0, 0.05) is 18.2 Å². The zero-order chi connectivity index (χ0) is 15.0. The summed E-state index contributed by atoms with van der Waals surface area (Å²) in [5.74, 6) is 0.804. The normalized spacial score (nSPS) is 23.4. The lowest BCUT2D eigenvalue weighted by Crippen LogP contribution is -2.38. The maximum atomic E-state index is 12.1. The van der Waals surface area contributed by atoms with E-state index in [1.165, 1.54) is 18.9 Å². The van der Waals surface area contributed by atoms with Gasteiger partial charge in [-0.15, -0.1) is 0 Å². The van der Waals surface area contributed by atoms with Gasteiger partial charge in [0.1, 0.15) is 6.17 Å². The fourth-order valence-corrected chi connectivity index (χ4v) is 3.05. The summed E-state index contributed by atoms with van der Waals surface area (Å²) in [5, 5.41) is 14.1. The molecule has 2 fully saturated rings. The summed E-state index contributed by atoms with van der Waals surface area (Å²) in [6, 6.07) is 6.68. The number of non-ortho nitro benzene ring substituents is 1. The number of benzene rings is 1. The molecule has 112 valence electrons. The molecule has 2 aliphatic rings. The molecule has 1 amide bonds. The fourth-order valence-electron chi connectivity index (χ4n) is 3.05. The highest BCUT2D eigenvalue weighted by Gasteiger charge is 2.37. The highest BCUT2D eigenvalue weighted by Crippen LogP contribution is 2.37. The standard InChI is InChI=1S/C15H19N3O3/c1-10(7-11-5-6-11)17-14(19)9-16-15(17)12-3-2-4-13(8-12)18(20)21/h2-4,8,10-11,15-16H,5-7,9H2,1H3. The van der Waals surface area contributed by atoms with Crippen molar-refractivity contribution in [3.63, 3.8) is 0 Å². The van der Waals surface area contributed by atoms with Gasteiger partial charge in [0.25, 0.3) is 5.69 Å². The summed E-state index contributed by atoms with van der Waals surface area (Å²) in [7, 11) is 0. The Morgan fingerprint density at radius 1 is 1.48 bits per heavy atom. The predicted molar refractivity (Wildman–Crippen MR) is 77.5 cm³/mol. The van der Waals surface area contributed by atoms with E-state index in [0.717, 1.165) is 17.9 Å². The topological polar surface area (TPSA) is 75.5 Å². The first-order valence-electron chi connectivity index (χ1n) is 7.35. The molecule has 1 saturated carbocycles. The third kappa shape index (κ3) is 2.90. The van der Waals surface area contributed by atoms with Crippen LogP contribution in [-0.2, 0) is 4.79 Å². The van der Waals surface area contributed by atoms with Gasteiger partial charge in [-0.05, 0) is 24.8 Å². The van der Waals surface area contributed by atoms with Crippen LogP contribution in [0, 0.1) is 16.0 Å². The fraction of sp³-hybridized carbons (Fsp3) is 0.533. The highest BCUT2D eigenvalue weighted by molar-refractivity contribution is 5.81. The summed E-state index contributed by atoms with van der Waals surface area (Å²) in [4.78, 5) is 24.5. The van der Waals surface area contributed by atoms with Gasteiger partial charge in [-0.25, -0.2) is 0 Å². The second-order valence-electron chi connectivity index (χ2n) is 5.96. The van der Waals surface area contributed by atoms with E-state index in [1.54, 1.807) is 12.1 Å². The molecule has 0 aromatic heterocycles. The SMILES string of the molecule is CC(CC1CC1)N1C(=O)CNC1c1cccc([N+](=O)[O-])c1. The van der Waals surface area contributed by atoms with Crippen LogP contribution in [0.4, 0.5) is 5.69 Å². The molecule has 0 bridgehead atoms. The smallest absolute Gasteiger partial charge is 0.269 e. The Morgan fingerprint density at radius 2 is 2.24 bits per heavy atom. The van der Waals surface area contributed by atoms with Crippen molar-refractivity contribution < 1.29 is 9.72 Å². The van der Waals surface area contributed by atoms with E-state index in [0.29, 0.717) is 6.54 Å². The van der Waals surface area contributed by atoms with Gasteiger partial charge < -0.3 is 4.90 Å². The quantitative estimate of drug-likeness (QED) is 0.666. The van der Waals surface area contributed by atoms with Crippen LogP contribution >= 0.6 is 0 Å². The van der Waals surface area contributed by atoms with E-state index in [2.05, 4.69) is 12.2 Å². The van der Waals surface area contributed by atoms with Crippen molar-refractivity contribution in [2.75, 3.05) is 6.54 Å². The number of nitro groups is 1. The number of rotatable bonds is 5. The molecule has 1 saturated heterocycles. The Kier molecular flexibility index (Phi) is 3.63. The van der Waals surface area contributed by atoms with Crippen LogP contribution in [0.2, 0.25) is 0 Å². The van der Waals surface area contributed by atoms with E-state index in [-0.39, 0.29) is 23.8 Å². The zero-order valence-electron chi connectivity index (χ0n) is 12.0. The molecule has 21 heavy (non-hydrogen) atoms. The molecular weight excluding hydrogens is 270 g/mol. The van der Waals surface area contributed by atoms with Crippen LogP contribution in [0.5, 0.6) is 0 Å². The summed E-state index contributed by atoms with van der Waals surface area (Å²) in [6.45, 7) is 2.36. The molecule has 2 atom stereocenters. The molecular formula is C15H19N3O3. The first-order valence-corrected chi connectivity index (χ1v) is 7.35. The zero-order valence-corrected chi connectivity index (χ0v) is 12.0. The minimum absolute atomic E-state index is 0.0587. The first kappa shape index (κ1) is 14.0. The first-order chi connectivity index (χ1) is 10.1. The predicted octanol–water partition coefficient (Wildman–Crippen LogP) is 2.21. The number of amides is 1. The lowest BCUT2D eigenvalue weighted by atomic mass is 10.1. The maximum Gasteiger partial charge on any atom is 0.269 e. The molecule has 6 nitrogen and oxygen atoms in total. The van der Waals surface area contributed by atoms with E-state index in [1.807, 2.05) is 11.0 Å². The van der Waals surface area contributed by atoms with Gasteiger partial charge in [-0.3, -0.25) is 20.2 Å². The monoisotopic (exact) mass is 289 g/mol. The number of hydrogen-bond acceptors (Lipinski definition) is 4. The molecule has 0 radical (unpaired) electrons. The molecule has 1 aliphatic heterocycles. The van der Waals surface area contributed by atoms with Gasteiger partial charge >= 0.3 is 0 Å². The van der Waals surface area contributed by atoms with E-state index < -0.39 is 4.92 Å². The lowest BCUT2D eigenvalue weighted by molar-refractivity contribution is -0.385. The molecule has 1 aliphatic carbocycles. The lowest BCUT2D eigenvalue weighted by Gasteiger charge is -2.30. The van der Waals surface area contributed by atoms with Gasteiger partial charge in [0.2, 0.25) is 5.91 Å². The molecule has 0 spiro atoms. The van der Waals surface area contributed by atoms with Crippen molar-refractivity contribution in [2.24, 2.45) is 5.92 Å². The largest absolute Gasteiger partial charge is 0.319 e. The van der Waals surface area contributed by atoms with Crippen LogP contribution < -0.4 is 5.32 Å². The van der Waals surface area contributed by atoms with Gasteiger partial charge in [-0.2, -0.15) is 0 Å². The Balaban J connectivity index is 1.83. The number of hydrogen-bond donors (Lipinski definition) is 1. The number of nitrogens with zero attached hydrogens (tertiary/aromatic N) is 2. The number of carbonyl (C=O) groups is 1. The summed E-state index contributed by atoms with van der Waals surface area (Å²) >= 11 is 0. The third-order valence-corrected chi connectivity index (χ3v) is 4.26. The van der Waals surface area contributed by atoms with Crippen molar-refractivity contribution in [1.29, 1.82) is 0 Å². The Hall–Kier alpha value is -1.95. The van der Waals surface area contributed by atoms with Crippen LogP contribution in [0.25, 0.3) is 0 Å². The molecule has 3 rings (SSSR count). The molecule has 1 aromatic rings. The Morgan fingerprint density at radius 3 is 2.90 bits per heavy atom. The maximum absolute atomic E-state index is 12.1. The number of carbonyl (C=O) groups excluding carboxylic acids is 1. The highest BCUT2D eigenvalue weighted by atomic mass is 16.6. The van der Waals surface area contributed by atoms with Crippen molar-refractivity contribution in [3.05, 3.63) is 39.9 Å². The molecule has 1 aromatic carbocycles. The summed E-state index contributed by atoms with van der Waals surface area (Å²) < 4.78 is 0. The van der Waals surface area contributed by atoms with Gasteiger partial charge in [0.15, 0.2) is 0 Å². The summed E-state index contributed by atoms with van der Waals surface area (Å²) in [5.41, 5.74) is 0.834. The van der Waals surface area contributed by atoms with Crippen molar-refractivity contribution in [1.82, 2.24) is 10.2 Å². The minimum Gasteiger partial charge on any atom is -0.319 e. The van der Waals surface area contributed by atoms with E-state index in [9.17, 15) is 14.9 Å². The molecule has 1 N–H and O–H groups in total. The average molecular weight is 289 g/mol. The van der Waals surface area contributed by atoms with Gasteiger partial charge in [-0.1, -0.05) is 25.0 Å². The minimum atomic E-state index is -0.405. The Labute approximate surface area is 123 Å². The third-order valence-electron chi connectivity index (χ3n) is 4.26. The Bertz CT molecular complexity index is 571. The van der Waals surface area contributed by atoms with Crippen molar-refractivity contribution in [2.45, 2.75) is 38.4 Å². The van der Waals surface area contributed by atoms with Crippen molar-refractivity contribution >= 4 is 11.6 Å². The van der Waals surface area contributed by atoms with Crippen LogP contribution in [0.1, 0.15) is 37.9 Å². The van der Waals surface area contributed by atoms with Gasteiger partial charge in [0.05, 0.1) is 11.5 Å². The van der Waals surface area contributed by atoms with Crippen LogP contribution in [0.15, 0.2) is 24.3 Å². The second kappa shape index (κ2) is 5.44. The van der Waals surface area contributed by atoms with Crippen molar-refractivity contribution in [3.8, 4) is 0 Å². The molecule has 2 unspecified atom stereocenters. The summed E-state index contributed by atoms with van der Waals surface area (Å²) in [6.07, 6.45) is 3.26. The van der Waals surface area contributed by atoms with E-state index in [4.69, 9.17) is 0 Å². The number of nitro benzene ring substituents is 1. The number of nitrogens with one attached hydrogen (secondary N) is 1. The molecule has 6 heteroatoms. The second-order valence-corrected chi connectivity index (χ2v) is 5.96. The van der Waals surface area contributed by atoms with Crippen LogP contribution in [-0.4, -0.2) is 28.3 Å².